The minimum atomic E-state index is -0.267. The molecule has 0 aliphatic heterocycles. The van der Waals surface area contributed by atoms with E-state index in [1.165, 1.54) is 12.8 Å². The minimum absolute atomic E-state index is 0.0606. The van der Waals surface area contributed by atoms with Gasteiger partial charge in [-0.3, -0.25) is 0 Å². The summed E-state index contributed by atoms with van der Waals surface area (Å²) in [6, 6.07) is 0. The molecule has 3 heteroatoms. The van der Waals surface area contributed by atoms with Crippen molar-refractivity contribution in [2.75, 3.05) is 13.2 Å². The van der Waals surface area contributed by atoms with Gasteiger partial charge in [0.25, 0.3) is 0 Å². The summed E-state index contributed by atoms with van der Waals surface area (Å²) in [4.78, 5) is 0. The van der Waals surface area contributed by atoms with Gasteiger partial charge < -0.3 is 15.6 Å². The van der Waals surface area contributed by atoms with E-state index in [-0.39, 0.29) is 11.7 Å². The third-order valence-electron chi connectivity index (χ3n) is 2.83. The monoisotopic (exact) mass is 187 g/mol. The SMILES string of the molecule is CC(O)CCOC1(CN)CCCC1. The van der Waals surface area contributed by atoms with Gasteiger partial charge in [0.05, 0.1) is 11.7 Å². The lowest BCUT2D eigenvalue weighted by Gasteiger charge is -2.27. The van der Waals surface area contributed by atoms with Gasteiger partial charge in [-0.2, -0.15) is 0 Å². The van der Waals surface area contributed by atoms with Crippen molar-refractivity contribution < 1.29 is 9.84 Å². The van der Waals surface area contributed by atoms with Crippen LogP contribution in [0.4, 0.5) is 0 Å². The fourth-order valence-corrected chi connectivity index (χ4v) is 1.87. The topological polar surface area (TPSA) is 55.5 Å². The molecule has 3 N–H and O–H groups in total. The zero-order valence-electron chi connectivity index (χ0n) is 8.46. The minimum Gasteiger partial charge on any atom is -0.393 e. The van der Waals surface area contributed by atoms with Crippen molar-refractivity contribution in [2.24, 2.45) is 5.73 Å². The first-order valence-corrected chi connectivity index (χ1v) is 5.21. The van der Waals surface area contributed by atoms with Crippen molar-refractivity contribution in [3.05, 3.63) is 0 Å². The molecular formula is C10H21NO2. The van der Waals surface area contributed by atoms with Crippen LogP contribution in [0.1, 0.15) is 39.0 Å². The van der Waals surface area contributed by atoms with Gasteiger partial charge in [-0.25, -0.2) is 0 Å². The smallest absolute Gasteiger partial charge is 0.0804 e. The molecule has 1 fully saturated rings. The molecular weight excluding hydrogens is 166 g/mol. The molecule has 1 unspecified atom stereocenters. The fraction of sp³-hybridized carbons (Fsp3) is 1.00. The highest BCUT2D eigenvalue weighted by atomic mass is 16.5. The molecule has 0 heterocycles. The normalized spacial score (nSPS) is 23.3. The Kier molecular flexibility index (Phi) is 4.16. The quantitative estimate of drug-likeness (QED) is 0.676. The summed E-state index contributed by atoms with van der Waals surface area (Å²) in [6.45, 7) is 3.04. The lowest BCUT2D eigenvalue weighted by Crippen LogP contribution is -2.38. The van der Waals surface area contributed by atoms with E-state index in [1.807, 2.05) is 0 Å². The number of aliphatic hydroxyl groups excluding tert-OH is 1. The van der Waals surface area contributed by atoms with Gasteiger partial charge in [-0.05, 0) is 26.2 Å². The maximum absolute atomic E-state index is 9.07. The molecule has 78 valence electrons. The van der Waals surface area contributed by atoms with Gasteiger partial charge in [0.1, 0.15) is 0 Å². The number of nitrogens with two attached hydrogens (primary N) is 1. The van der Waals surface area contributed by atoms with Crippen LogP contribution in [-0.4, -0.2) is 30.0 Å². The molecule has 13 heavy (non-hydrogen) atoms. The van der Waals surface area contributed by atoms with Crippen LogP contribution in [0.5, 0.6) is 0 Å². The summed E-state index contributed by atoms with van der Waals surface area (Å²) < 4.78 is 5.77. The van der Waals surface area contributed by atoms with Crippen molar-refractivity contribution in [3.63, 3.8) is 0 Å². The molecule has 1 aliphatic rings. The van der Waals surface area contributed by atoms with Gasteiger partial charge in [0.2, 0.25) is 0 Å². The number of hydrogen-bond acceptors (Lipinski definition) is 3. The molecule has 3 nitrogen and oxygen atoms in total. The lowest BCUT2D eigenvalue weighted by atomic mass is 10.0. The van der Waals surface area contributed by atoms with E-state index in [0.29, 0.717) is 19.6 Å². The van der Waals surface area contributed by atoms with Gasteiger partial charge in [-0.15, -0.1) is 0 Å². The van der Waals surface area contributed by atoms with E-state index in [1.54, 1.807) is 6.92 Å². The van der Waals surface area contributed by atoms with E-state index in [0.717, 1.165) is 12.8 Å². The number of rotatable bonds is 5. The Morgan fingerprint density at radius 1 is 1.46 bits per heavy atom. The molecule has 0 aromatic rings. The zero-order valence-corrected chi connectivity index (χ0v) is 8.46. The molecule has 1 rings (SSSR count). The predicted octanol–water partition coefficient (Wildman–Crippen LogP) is 1.05. The summed E-state index contributed by atoms with van der Waals surface area (Å²) in [7, 11) is 0. The van der Waals surface area contributed by atoms with Gasteiger partial charge in [0, 0.05) is 13.2 Å². The van der Waals surface area contributed by atoms with Crippen LogP contribution in [0.25, 0.3) is 0 Å². The van der Waals surface area contributed by atoms with Crippen LogP contribution < -0.4 is 5.73 Å². The molecule has 1 aliphatic carbocycles. The number of ether oxygens (including phenoxy) is 1. The second kappa shape index (κ2) is 4.94. The summed E-state index contributed by atoms with van der Waals surface area (Å²) in [6.07, 6.45) is 5.07. The first kappa shape index (κ1) is 11.0. The maximum Gasteiger partial charge on any atom is 0.0804 e. The summed E-state index contributed by atoms with van der Waals surface area (Å²) in [5.74, 6) is 0. The van der Waals surface area contributed by atoms with Crippen molar-refractivity contribution >= 4 is 0 Å². The Balaban J connectivity index is 2.23. The highest BCUT2D eigenvalue weighted by Gasteiger charge is 2.33. The van der Waals surface area contributed by atoms with Gasteiger partial charge >= 0.3 is 0 Å². The Hall–Kier alpha value is -0.120. The molecule has 0 aromatic carbocycles. The second-order valence-corrected chi connectivity index (χ2v) is 4.08. The highest BCUT2D eigenvalue weighted by Crippen LogP contribution is 2.32. The Bertz CT molecular complexity index is 142. The lowest BCUT2D eigenvalue weighted by molar-refractivity contribution is -0.0438. The number of hydrogen-bond donors (Lipinski definition) is 2. The van der Waals surface area contributed by atoms with E-state index in [4.69, 9.17) is 15.6 Å². The third-order valence-corrected chi connectivity index (χ3v) is 2.83. The predicted molar refractivity (Wildman–Crippen MR) is 52.5 cm³/mol. The average molecular weight is 187 g/mol. The molecule has 0 bridgehead atoms. The fourth-order valence-electron chi connectivity index (χ4n) is 1.87. The molecule has 0 radical (unpaired) electrons. The Labute approximate surface area is 80.3 Å². The van der Waals surface area contributed by atoms with Crippen LogP contribution in [-0.2, 0) is 4.74 Å². The first-order chi connectivity index (χ1) is 6.18. The summed E-state index contributed by atoms with van der Waals surface area (Å²) >= 11 is 0. The van der Waals surface area contributed by atoms with Crippen molar-refractivity contribution in [1.82, 2.24) is 0 Å². The Morgan fingerprint density at radius 3 is 2.54 bits per heavy atom. The molecule has 0 aromatic heterocycles. The van der Waals surface area contributed by atoms with Crippen LogP contribution in [0.15, 0.2) is 0 Å². The van der Waals surface area contributed by atoms with Crippen molar-refractivity contribution in [2.45, 2.75) is 50.7 Å². The average Bonchev–Trinajstić information content (AvgIpc) is 2.53. The number of aliphatic hydroxyl groups is 1. The van der Waals surface area contributed by atoms with Crippen LogP contribution >= 0.6 is 0 Å². The molecule has 0 saturated heterocycles. The molecule has 1 saturated carbocycles. The molecule has 0 amide bonds. The molecule has 1 atom stereocenters. The van der Waals surface area contributed by atoms with Crippen molar-refractivity contribution in [1.29, 1.82) is 0 Å². The van der Waals surface area contributed by atoms with E-state index < -0.39 is 0 Å². The van der Waals surface area contributed by atoms with E-state index in [9.17, 15) is 0 Å². The van der Waals surface area contributed by atoms with Crippen LogP contribution in [0.3, 0.4) is 0 Å². The second-order valence-electron chi connectivity index (χ2n) is 4.08. The van der Waals surface area contributed by atoms with E-state index in [2.05, 4.69) is 0 Å². The van der Waals surface area contributed by atoms with Crippen molar-refractivity contribution in [3.8, 4) is 0 Å². The van der Waals surface area contributed by atoms with Crippen LogP contribution in [0.2, 0.25) is 0 Å². The van der Waals surface area contributed by atoms with Gasteiger partial charge in [-0.1, -0.05) is 12.8 Å². The summed E-state index contributed by atoms with van der Waals surface area (Å²) in [5.41, 5.74) is 5.64. The van der Waals surface area contributed by atoms with Gasteiger partial charge in [0.15, 0.2) is 0 Å². The standard InChI is InChI=1S/C10H21NO2/c1-9(12)4-7-13-10(8-11)5-2-3-6-10/h9,12H,2-8,11H2,1H3. The zero-order chi connectivity index (χ0) is 9.73. The largest absolute Gasteiger partial charge is 0.393 e. The highest BCUT2D eigenvalue weighted by molar-refractivity contribution is 4.87. The van der Waals surface area contributed by atoms with E-state index >= 15 is 0 Å². The Morgan fingerprint density at radius 2 is 2.08 bits per heavy atom. The first-order valence-electron chi connectivity index (χ1n) is 5.21. The molecule has 0 spiro atoms. The summed E-state index contributed by atoms with van der Waals surface area (Å²) in [5, 5.41) is 9.07. The third kappa shape index (κ3) is 3.25. The maximum atomic E-state index is 9.07. The van der Waals surface area contributed by atoms with Crippen LogP contribution in [0, 0.1) is 0 Å².